The fourth-order valence-electron chi connectivity index (χ4n) is 0.344. The third-order valence-corrected chi connectivity index (χ3v) is 0.635. The zero-order valence-corrected chi connectivity index (χ0v) is 4.90. The summed E-state index contributed by atoms with van der Waals surface area (Å²) < 4.78 is 0. The van der Waals surface area contributed by atoms with Crippen molar-refractivity contribution in [2.45, 2.75) is 0 Å². The van der Waals surface area contributed by atoms with Crippen LogP contribution in [0.3, 0.4) is 0 Å². The van der Waals surface area contributed by atoms with Crippen LogP contribution in [-0.2, 0) is 0 Å². The van der Waals surface area contributed by atoms with Gasteiger partial charge in [0.15, 0.2) is 0 Å². The van der Waals surface area contributed by atoms with E-state index in [9.17, 15) is 0 Å². The summed E-state index contributed by atoms with van der Waals surface area (Å²) >= 11 is 0. The van der Waals surface area contributed by atoms with Gasteiger partial charge >= 0.3 is 0 Å². The number of halogens is 1. The van der Waals surface area contributed by atoms with Crippen LogP contribution in [0.2, 0.25) is 0 Å². The summed E-state index contributed by atoms with van der Waals surface area (Å²) in [6.07, 6.45) is 3.31. The Morgan fingerprint density at radius 2 is 2.50 bits per heavy atom. The van der Waals surface area contributed by atoms with Crippen LogP contribution in [0.15, 0.2) is 12.4 Å². The van der Waals surface area contributed by atoms with E-state index in [0.717, 1.165) is 0 Å². The van der Waals surface area contributed by atoms with Gasteiger partial charge in [0.25, 0.3) is 0 Å². The van der Waals surface area contributed by atoms with Crippen LogP contribution in [0.4, 0.5) is 5.95 Å². The maximum atomic E-state index is 4.95. The molecule has 46 valence electrons. The van der Waals surface area contributed by atoms with Gasteiger partial charge in [-0.25, -0.2) is 10.8 Å². The van der Waals surface area contributed by atoms with Gasteiger partial charge in [-0.05, 0) is 0 Å². The molecular weight excluding hydrogens is 128 g/mol. The van der Waals surface area contributed by atoms with Crippen LogP contribution in [0.1, 0.15) is 0 Å². The monoisotopic (exact) mass is 134 g/mol. The fourth-order valence-corrected chi connectivity index (χ4v) is 0.344. The molecule has 0 aliphatic heterocycles. The lowest BCUT2D eigenvalue weighted by Gasteiger charge is -1.85. The van der Waals surface area contributed by atoms with Crippen LogP contribution in [0.25, 0.3) is 0 Å². The number of nitrogens with one attached hydrogen (secondary N) is 2. The van der Waals surface area contributed by atoms with Gasteiger partial charge in [0.2, 0.25) is 5.95 Å². The SMILES string of the molecule is Cl.NNc1ncc[nH]1. The molecule has 1 heterocycles. The van der Waals surface area contributed by atoms with Crippen molar-refractivity contribution in [2.75, 3.05) is 5.43 Å². The Morgan fingerprint density at radius 1 is 1.75 bits per heavy atom. The van der Waals surface area contributed by atoms with Gasteiger partial charge in [-0.1, -0.05) is 0 Å². The highest BCUT2D eigenvalue weighted by atomic mass is 35.5. The molecule has 0 amide bonds. The van der Waals surface area contributed by atoms with Gasteiger partial charge in [0.05, 0.1) is 0 Å². The fraction of sp³-hybridized carbons (Fsp3) is 0. The van der Waals surface area contributed by atoms with E-state index in [2.05, 4.69) is 15.4 Å². The van der Waals surface area contributed by atoms with E-state index in [4.69, 9.17) is 5.84 Å². The largest absolute Gasteiger partial charge is 0.330 e. The Hall–Kier alpha value is -0.740. The van der Waals surface area contributed by atoms with E-state index in [1.807, 2.05) is 0 Å². The highest BCUT2D eigenvalue weighted by Gasteiger charge is 1.81. The Balaban J connectivity index is 0.000000490. The molecule has 0 aromatic carbocycles. The van der Waals surface area contributed by atoms with Crippen molar-refractivity contribution in [2.24, 2.45) is 5.84 Å². The van der Waals surface area contributed by atoms with Crippen molar-refractivity contribution in [3.8, 4) is 0 Å². The molecule has 0 bridgehead atoms. The summed E-state index contributed by atoms with van der Waals surface area (Å²) in [7, 11) is 0. The molecular formula is C3H7ClN4. The van der Waals surface area contributed by atoms with Crippen molar-refractivity contribution in [3.63, 3.8) is 0 Å². The lowest BCUT2D eigenvalue weighted by molar-refractivity contribution is 1.20. The molecule has 8 heavy (non-hydrogen) atoms. The lowest BCUT2D eigenvalue weighted by atomic mass is 11.0. The molecule has 0 atom stereocenters. The van der Waals surface area contributed by atoms with Gasteiger partial charge in [0, 0.05) is 12.4 Å². The third-order valence-electron chi connectivity index (χ3n) is 0.635. The second-order valence-electron chi connectivity index (χ2n) is 1.08. The van der Waals surface area contributed by atoms with Crippen LogP contribution in [0.5, 0.6) is 0 Å². The minimum atomic E-state index is 0. The first kappa shape index (κ1) is 7.26. The number of anilines is 1. The number of aromatic nitrogens is 2. The smallest absolute Gasteiger partial charge is 0.214 e. The molecule has 0 aliphatic carbocycles. The first-order valence-electron chi connectivity index (χ1n) is 1.89. The predicted molar refractivity (Wildman–Crippen MR) is 33.6 cm³/mol. The molecule has 4 nitrogen and oxygen atoms in total. The zero-order valence-electron chi connectivity index (χ0n) is 4.09. The van der Waals surface area contributed by atoms with Crippen LogP contribution < -0.4 is 11.3 Å². The number of hydrogen-bond acceptors (Lipinski definition) is 3. The third kappa shape index (κ3) is 1.40. The standard InChI is InChI=1S/C3H6N4.ClH/c4-7-3-5-1-2-6-3;/h1-2H,4H2,(H2,5,6,7);1H. The Bertz CT molecular complexity index is 126. The van der Waals surface area contributed by atoms with Crippen molar-refractivity contribution in [1.29, 1.82) is 0 Å². The molecule has 1 aromatic heterocycles. The molecule has 0 fully saturated rings. The van der Waals surface area contributed by atoms with Crippen molar-refractivity contribution in [3.05, 3.63) is 12.4 Å². The lowest BCUT2D eigenvalue weighted by Crippen LogP contribution is -2.07. The minimum absolute atomic E-state index is 0. The Labute approximate surface area is 52.9 Å². The number of nitrogens with two attached hydrogens (primary N) is 1. The zero-order chi connectivity index (χ0) is 5.11. The van der Waals surface area contributed by atoms with E-state index in [1.54, 1.807) is 12.4 Å². The molecule has 0 radical (unpaired) electrons. The van der Waals surface area contributed by atoms with Crippen LogP contribution in [0, 0.1) is 0 Å². The molecule has 0 spiro atoms. The molecule has 1 aromatic rings. The molecule has 0 aliphatic rings. The summed E-state index contributed by atoms with van der Waals surface area (Å²) in [5.74, 6) is 5.53. The summed E-state index contributed by atoms with van der Waals surface area (Å²) in [6.45, 7) is 0. The first-order valence-corrected chi connectivity index (χ1v) is 1.89. The summed E-state index contributed by atoms with van der Waals surface area (Å²) in [5.41, 5.74) is 2.34. The number of imidazole rings is 1. The quantitative estimate of drug-likeness (QED) is 0.378. The molecule has 0 saturated carbocycles. The van der Waals surface area contributed by atoms with Gasteiger partial charge in [-0.2, -0.15) is 0 Å². The van der Waals surface area contributed by atoms with Gasteiger partial charge in [-0.3, -0.25) is 5.43 Å². The van der Waals surface area contributed by atoms with E-state index >= 15 is 0 Å². The molecule has 0 unspecified atom stereocenters. The van der Waals surface area contributed by atoms with E-state index in [0.29, 0.717) is 5.95 Å². The second-order valence-corrected chi connectivity index (χ2v) is 1.08. The van der Waals surface area contributed by atoms with Crippen LogP contribution in [-0.4, -0.2) is 9.97 Å². The van der Waals surface area contributed by atoms with E-state index < -0.39 is 0 Å². The molecule has 4 N–H and O–H groups in total. The number of aromatic amines is 1. The number of rotatable bonds is 1. The predicted octanol–water partition coefficient (Wildman–Crippen LogP) is 0.117. The molecule has 5 heteroatoms. The molecule has 1 rings (SSSR count). The number of hydrazine groups is 1. The summed E-state index contributed by atoms with van der Waals surface area (Å²) in [4.78, 5) is 6.48. The number of hydrogen-bond donors (Lipinski definition) is 3. The van der Waals surface area contributed by atoms with Crippen molar-refractivity contribution >= 4 is 18.4 Å². The maximum Gasteiger partial charge on any atom is 0.214 e. The minimum Gasteiger partial charge on any atom is -0.330 e. The Kier molecular flexibility index (Phi) is 2.98. The van der Waals surface area contributed by atoms with E-state index in [1.165, 1.54) is 0 Å². The average molecular weight is 135 g/mol. The van der Waals surface area contributed by atoms with Crippen molar-refractivity contribution < 1.29 is 0 Å². The van der Waals surface area contributed by atoms with Crippen LogP contribution >= 0.6 is 12.4 Å². The normalized spacial score (nSPS) is 7.62. The van der Waals surface area contributed by atoms with Gasteiger partial charge < -0.3 is 4.98 Å². The first-order chi connectivity index (χ1) is 3.43. The van der Waals surface area contributed by atoms with Gasteiger partial charge in [0.1, 0.15) is 0 Å². The van der Waals surface area contributed by atoms with Gasteiger partial charge in [-0.15, -0.1) is 12.4 Å². The highest BCUT2D eigenvalue weighted by molar-refractivity contribution is 5.85. The maximum absolute atomic E-state index is 4.95. The average Bonchev–Trinajstić information content (AvgIpc) is 2.14. The topological polar surface area (TPSA) is 66.7 Å². The van der Waals surface area contributed by atoms with E-state index in [-0.39, 0.29) is 12.4 Å². The highest BCUT2D eigenvalue weighted by Crippen LogP contribution is 1.87. The second kappa shape index (κ2) is 3.29. The number of nitrogens with zero attached hydrogens (tertiary/aromatic N) is 1. The summed E-state index contributed by atoms with van der Waals surface area (Å²) in [6, 6.07) is 0. The Morgan fingerprint density at radius 3 is 2.75 bits per heavy atom. The molecule has 0 saturated heterocycles. The number of H-pyrrole nitrogens is 1. The van der Waals surface area contributed by atoms with Crippen molar-refractivity contribution in [1.82, 2.24) is 9.97 Å². The summed E-state index contributed by atoms with van der Waals surface area (Å²) in [5, 5.41) is 0. The number of nitrogen functional groups attached to an aromatic ring is 1.